The van der Waals surface area contributed by atoms with Gasteiger partial charge in [0.05, 0.1) is 6.42 Å². The maximum absolute atomic E-state index is 10.7. The average Bonchev–Trinajstić information content (AvgIpc) is 2.18. The van der Waals surface area contributed by atoms with E-state index in [1.54, 1.807) is 12.1 Å². The van der Waals surface area contributed by atoms with E-state index >= 15 is 0 Å². The van der Waals surface area contributed by atoms with Crippen molar-refractivity contribution in [1.82, 2.24) is 5.48 Å². The number of primary amides is 1. The highest BCUT2D eigenvalue weighted by Crippen LogP contribution is 2.04. The molecule has 0 spiro atoms. The number of benzene rings is 1. The first-order valence-electron chi connectivity index (χ1n) is 3.95. The van der Waals surface area contributed by atoms with Gasteiger partial charge in [-0.2, -0.15) is 0 Å². The number of hydroxylamine groups is 1. The minimum absolute atomic E-state index is 0.0650. The van der Waals surface area contributed by atoms with E-state index in [2.05, 4.69) is 0 Å². The first-order chi connectivity index (χ1) is 6.63. The molecule has 0 bridgehead atoms. The van der Waals surface area contributed by atoms with Crippen molar-refractivity contribution in [2.75, 3.05) is 0 Å². The number of hydrogen-bond acceptors (Lipinski definition) is 3. The normalized spacial score (nSPS) is 9.50. The topological polar surface area (TPSA) is 92.4 Å². The quantitative estimate of drug-likeness (QED) is 0.461. The van der Waals surface area contributed by atoms with Gasteiger partial charge in [-0.25, -0.2) is 5.48 Å². The van der Waals surface area contributed by atoms with Crippen LogP contribution in [0, 0.1) is 0 Å². The zero-order valence-corrected chi connectivity index (χ0v) is 7.36. The third-order valence-corrected chi connectivity index (χ3v) is 1.73. The largest absolute Gasteiger partial charge is 0.366 e. The smallest absolute Gasteiger partial charge is 0.248 e. The molecule has 0 aliphatic carbocycles. The first-order valence-corrected chi connectivity index (χ1v) is 3.95. The van der Waals surface area contributed by atoms with Gasteiger partial charge >= 0.3 is 0 Å². The van der Waals surface area contributed by atoms with Gasteiger partial charge < -0.3 is 5.73 Å². The first kappa shape index (κ1) is 10.2. The maximum Gasteiger partial charge on any atom is 0.248 e. The van der Waals surface area contributed by atoms with Crippen LogP contribution in [0.5, 0.6) is 0 Å². The molecule has 1 aromatic carbocycles. The van der Waals surface area contributed by atoms with Crippen molar-refractivity contribution >= 4 is 11.8 Å². The van der Waals surface area contributed by atoms with Crippen molar-refractivity contribution in [2.24, 2.45) is 5.73 Å². The predicted octanol–water partition coefficient (Wildman–Crippen LogP) is -0.167. The zero-order valence-electron chi connectivity index (χ0n) is 7.36. The van der Waals surface area contributed by atoms with E-state index < -0.39 is 11.8 Å². The van der Waals surface area contributed by atoms with Gasteiger partial charge in [-0.05, 0) is 17.7 Å². The van der Waals surface area contributed by atoms with E-state index in [9.17, 15) is 9.59 Å². The fourth-order valence-corrected chi connectivity index (χ4v) is 1.01. The molecule has 0 saturated carbocycles. The van der Waals surface area contributed by atoms with Crippen LogP contribution in [0.2, 0.25) is 0 Å². The molecule has 4 N–H and O–H groups in total. The second-order valence-corrected chi connectivity index (χ2v) is 2.77. The van der Waals surface area contributed by atoms with E-state index in [1.165, 1.54) is 17.6 Å². The van der Waals surface area contributed by atoms with Gasteiger partial charge in [0.2, 0.25) is 11.8 Å². The SMILES string of the molecule is NC(=O)c1ccc(CC(=O)NO)cc1. The fourth-order valence-electron chi connectivity index (χ4n) is 1.01. The molecule has 0 saturated heterocycles. The molecule has 74 valence electrons. The summed E-state index contributed by atoms with van der Waals surface area (Å²) in [6.45, 7) is 0. The number of carbonyl (C=O) groups is 2. The van der Waals surface area contributed by atoms with Gasteiger partial charge in [-0.3, -0.25) is 14.8 Å². The highest BCUT2D eigenvalue weighted by atomic mass is 16.5. The molecule has 2 amide bonds. The third-order valence-electron chi connectivity index (χ3n) is 1.73. The monoisotopic (exact) mass is 194 g/mol. The summed E-state index contributed by atoms with van der Waals surface area (Å²) in [5.74, 6) is -1.01. The van der Waals surface area contributed by atoms with Crippen LogP contribution in [0.15, 0.2) is 24.3 Å². The van der Waals surface area contributed by atoms with Gasteiger partial charge in [0.1, 0.15) is 0 Å². The number of hydrogen-bond donors (Lipinski definition) is 3. The molecule has 0 aliphatic rings. The summed E-state index contributed by atoms with van der Waals surface area (Å²) in [6, 6.07) is 6.27. The Hall–Kier alpha value is -1.88. The van der Waals surface area contributed by atoms with Crippen LogP contribution < -0.4 is 11.2 Å². The predicted molar refractivity (Wildman–Crippen MR) is 48.6 cm³/mol. The van der Waals surface area contributed by atoms with Crippen LogP contribution in [0.4, 0.5) is 0 Å². The van der Waals surface area contributed by atoms with Crippen LogP contribution in [-0.2, 0) is 11.2 Å². The summed E-state index contributed by atoms with van der Waals surface area (Å²) in [6.07, 6.45) is 0.0650. The van der Waals surface area contributed by atoms with Crippen molar-refractivity contribution < 1.29 is 14.8 Å². The van der Waals surface area contributed by atoms with Gasteiger partial charge in [0.25, 0.3) is 0 Å². The molecule has 5 nitrogen and oxygen atoms in total. The van der Waals surface area contributed by atoms with Crippen molar-refractivity contribution in [3.8, 4) is 0 Å². The lowest BCUT2D eigenvalue weighted by atomic mass is 10.1. The molecule has 5 heteroatoms. The Balaban J connectivity index is 2.73. The molecule has 0 heterocycles. The van der Waals surface area contributed by atoms with Crippen LogP contribution in [-0.4, -0.2) is 17.0 Å². The summed E-state index contributed by atoms with van der Waals surface area (Å²) < 4.78 is 0. The molecule has 0 aliphatic heterocycles. The highest BCUT2D eigenvalue weighted by Gasteiger charge is 2.03. The third kappa shape index (κ3) is 2.56. The molecule has 1 aromatic rings. The molecule has 0 fully saturated rings. The Kier molecular flexibility index (Phi) is 3.19. The summed E-state index contributed by atoms with van der Waals surface area (Å²) in [5.41, 5.74) is 7.64. The maximum atomic E-state index is 10.7. The number of nitrogens with two attached hydrogens (primary N) is 1. The Bertz CT molecular complexity index is 346. The number of nitrogens with one attached hydrogen (secondary N) is 1. The molecule has 0 aromatic heterocycles. The van der Waals surface area contributed by atoms with Crippen molar-refractivity contribution in [2.45, 2.75) is 6.42 Å². The van der Waals surface area contributed by atoms with Crippen LogP contribution >= 0.6 is 0 Å². The Morgan fingerprint density at radius 2 is 1.86 bits per heavy atom. The number of rotatable bonds is 3. The standard InChI is InChI=1S/C9H10N2O3/c10-9(13)7-3-1-6(2-4-7)5-8(12)11-14/h1-4,14H,5H2,(H2,10,13)(H,11,12). The van der Waals surface area contributed by atoms with Crippen molar-refractivity contribution in [3.63, 3.8) is 0 Å². The van der Waals surface area contributed by atoms with E-state index in [-0.39, 0.29) is 6.42 Å². The fraction of sp³-hybridized carbons (Fsp3) is 0.111. The lowest BCUT2D eigenvalue weighted by Crippen LogP contribution is -2.20. The average molecular weight is 194 g/mol. The van der Waals surface area contributed by atoms with Crippen molar-refractivity contribution in [1.29, 1.82) is 0 Å². The van der Waals surface area contributed by atoms with Crippen molar-refractivity contribution in [3.05, 3.63) is 35.4 Å². The van der Waals surface area contributed by atoms with E-state index in [4.69, 9.17) is 10.9 Å². The summed E-state index contributed by atoms with van der Waals surface area (Å²) in [7, 11) is 0. The molecular weight excluding hydrogens is 184 g/mol. The number of amides is 2. The van der Waals surface area contributed by atoms with Crippen LogP contribution in [0.3, 0.4) is 0 Å². The van der Waals surface area contributed by atoms with E-state index in [0.717, 1.165) is 0 Å². The van der Waals surface area contributed by atoms with Gasteiger partial charge in [0, 0.05) is 5.56 Å². The Labute approximate surface area is 80.5 Å². The van der Waals surface area contributed by atoms with Gasteiger partial charge in [0.15, 0.2) is 0 Å². The lowest BCUT2D eigenvalue weighted by molar-refractivity contribution is -0.128. The minimum Gasteiger partial charge on any atom is -0.366 e. The van der Waals surface area contributed by atoms with Crippen LogP contribution in [0.1, 0.15) is 15.9 Å². The van der Waals surface area contributed by atoms with E-state index in [1.807, 2.05) is 0 Å². The Morgan fingerprint density at radius 1 is 1.29 bits per heavy atom. The minimum atomic E-state index is -0.511. The number of carbonyl (C=O) groups excluding carboxylic acids is 2. The van der Waals surface area contributed by atoms with E-state index in [0.29, 0.717) is 11.1 Å². The molecule has 1 rings (SSSR count). The molecule has 14 heavy (non-hydrogen) atoms. The molecular formula is C9H10N2O3. The van der Waals surface area contributed by atoms with Crippen LogP contribution in [0.25, 0.3) is 0 Å². The lowest BCUT2D eigenvalue weighted by Gasteiger charge is -2.00. The second-order valence-electron chi connectivity index (χ2n) is 2.77. The second kappa shape index (κ2) is 4.38. The summed E-state index contributed by atoms with van der Waals surface area (Å²) in [5, 5.41) is 8.27. The highest BCUT2D eigenvalue weighted by molar-refractivity contribution is 5.92. The Morgan fingerprint density at radius 3 is 2.29 bits per heavy atom. The zero-order chi connectivity index (χ0) is 10.6. The molecule has 0 radical (unpaired) electrons. The molecule has 0 atom stereocenters. The van der Waals surface area contributed by atoms with Gasteiger partial charge in [-0.15, -0.1) is 0 Å². The molecule has 0 unspecified atom stereocenters. The summed E-state index contributed by atoms with van der Waals surface area (Å²) >= 11 is 0. The van der Waals surface area contributed by atoms with Gasteiger partial charge in [-0.1, -0.05) is 12.1 Å². The summed E-state index contributed by atoms with van der Waals surface area (Å²) in [4.78, 5) is 21.4.